The van der Waals surface area contributed by atoms with E-state index in [4.69, 9.17) is 9.79 Å². The Morgan fingerprint density at radius 2 is 1.31 bits per heavy atom. The Balaban J connectivity index is 3.68. The van der Waals surface area contributed by atoms with Gasteiger partial charge >= 0.3 is 0 Å². The largest absolute Gasteiger partial charge is 0.343 e. The predicted octanol–water partition coefficient (Wildman–Crippen LogP) is 8.60. The van der Waals surface area contributed by atoms with E-state index in [0.29, 0.717) is 18.5 Å². The summed E-state index contributed by atoms with van der Waals surface area (Å²) in [4.78, 5) is 0. The van der Waals surface area contributed by atoms with Gasteiger partial charge in [0.2, 0.25) is 0 Å². The molecule has 170 valence electrons. The first-order valence-corrected chi connectivity index (χ1v) is 13.6. The zero-order valence-corrected chi connectivity index (χ0v) is 21.1. The lowest BCUT2D eigenvalue weighted by atomic mass is 10.1. The Bertz CT molecular complexity index is 410. The van der Waals surface area contributed by atoms with Crippen LogP contribution in [-0.4, -0.2) is 29.5 Å². The summed E-state index contributed by atoms with van der Waals surface area (Å²) in [5.41, 5.74) is 0. The molecule has 0 aliphatic heterocycles. The highest BCUT2D eigenvalue weighted by atomic mass is 31.2. The molecular weight excluding hydrogens is 375 g/mol. The molecule has 0 bridgehead atoms. The maximum atomic E-state index is 8.96. The van der Waals surface area contributed by atoms with E-state index in [0.717, 1.165) is 19.2 Å². The highest BCUT2D eigenvalue weighted by molar-refractivity contribution is 7.50. The van der Waals surface area contributed by atoms with Gasteiger partial charge < -0.3 is 4.52 Å². The molecule has 0 rings (SSSR count). The van der Waals surface area contributed by atoms with Crippen LogP contribution in [0.4, 0.5) is 0 Å². The van der Waals surface area contributed by atoms with Gasteiger partial charge in [0.05, 0.1) is 12.7 Å². The lowest BCUT2D eigenvalue weighted by molar-refractivity contribution is 0.249. The second-order valence-electron chi connectivity index (χ2n) is 8.63. The van der Waals surface area contributed by atoms with E-state index in [1.807, 2.05) is 0 Å². The average molecular weight is 425 g/mol. The zero-order chi connectivity index (χ0) is 21.7. The molecule has 0 heterocycles. The molecule has 3 nitrogen and oxygen atoms in total. The van der Waals surface area contributed by atoms with Crippen molar-refractivity contribution in [1.82, 2.24) is 4.67 Å². The second kappa shape index (κ2) is 20.8. The maximum absolute atomic E-state index is 8.96. The Kier molecular flexibility index (Phi) is 20.5. The van der Waals surface area contributed by atoms with E-state index in [1.54, 1.807) is 0 Å². The number of allylic oxidation sites excluding steroid dienone is 2. The summed E-state index contributed by atoms with van der Waals surface area (Å²) < 4.78 is 8.74. The van der Waals surface area contributed by atoms with Gasteiger partial charge in [0.1, 0.15) is 8.30 Å². The lowest BCUT2D eigenvalue weighted by Gasteiger charge is -2.37. The molecular formula is C25H49N2OP. The third kappa shape index (κ3) is 17.0. The lowest BCUT2D eigenvalue weighted by Crippen LogP contribution is -2.33. The molecule has 0 saturated heterocycles. The van der Waals surface area contributed by atoms with Gasteiger partial charge in [0.15, 0.2) is 0 Å². The highest BCUT2D eigenvalue weighted by Gasteiger charge is 2.24. The molecule has 0 fully saturated rings. The summed E-state index contributed by atoms with van der Waals surface area (Å²) in [5, 5.41) is 8.96. The zero-order valence-electron chi connectivity index (χ0n) is 20.2. The number of nitrogens with zero attached hydrogens (tertiary/aromatic N) is 2. The van der Waals surface area contributed by atoms with Crippen LogP contribution in [0.1, 0.15) is 118 Å². The molecule has 0 spiro atoms. The number of hydrogen-bond acceptors (Lipinski definition) is 3. The van der Waals surface area contributed by atoms with E-state index in [2.05, 4.69) is 57.5 Å². The molecule has 0 N–H and O–H groups in total. The Labute approximate surface area is 184 Å². The summed E-state index contributed by atoms with van der Waals surface area (Å²) in [6.45, 7) is 11.9. The van der Waals surface area contributed by atoms with Crippen LogP contribution >= 0.6 is 8.30 Å². The molecule has 29 heavy (non-hydrogen) atoms. The van der Waals surface area contributed by atoms with Crippen LogP contribution in [0.15, 0.2) is 12.2 Å². The van der Waals surface area contributed by atoms with Crippen LogP contribution in [0.25, 0.3) is 0 Å². The number of nitriles is 1. The van der Waals surface area contributed by atoms with Gasteiger partial charge in [0, 0.05) is 24.7 Å². The van der Waals surface area contributed by atoms with Crippen LogP contribution in [0.2, 0.25) is 0 Å². The van der Waals surface area contributed by atoms with Crippen LogP contribution in [-0.2, 0) is 4.52 Å². The third-order valence-electron chi connectivity index (χ3n) is 5.22. The molecule has 4 heteroatoms. The minimum Gasteiger partial charge on any atom is -0.343 e. The van der Waals surface area contributed by atoms with Gasteiger partial charge in [-0.15, -0.1) is 0 Å². The first-order valence-electron chi connectivity index (χ1n) is 12.2. The van der Waals surface area contributed by atoms with Crippen molar-refractivity contribution < 1.29 is 4.52 Å². The van der Waals surface area contributed by atoms with Crippen molar-refractivity contribution >= 4 is 8.30 Å². The fourth-order valence-corrected chi connectivity index (χ4v) is 5.95. The SMILES string of the molecule is CC=CCCCCCCCCCCCCCOP(CCC#N)N(C(C)C)C(C)C. The molecule has 0 aliphatic rings. The number of unbranched alkanes of at least 4 members (excludes halogenated alkanes) is 11. The molecule has 1 atom stereocenters. The molecule has 0 saturated carbocycles. The monoisotopic (exact) mass is 424 g/mol. The third-order valence-corrected chi connectivity index (χ3v) is 7.75. The summed E-state index contributed by atoms with van der Waals surface area (Å²) >= 11 is 0. The van der Waals surface area contributed by atoms with Crippen molar-refractivity contribution in [3.05, 3.63) is 12.2 Å². The molecule has 0 radical (unpaired) electrons. The predicted molar refractivity (Wildman–Crippen MR) is 130 cm³/mol. The highest BCUT2D eigenvalue weighted by Crippen LogP contribution is 2.45. The summed E-state index contributed by atoms with van der Waals surface area (Å²) in [5.74, 6) is 0. The first kappa shape index (κ1) is 28.6. The normalized spacial score (nSPS) is 13.1. The van der Waals surface area contributed by atoms with Crippen LogP contribution in [0, 0.1) is 11.3 Å². The molecule has 0 aliphatic carbocycles. The van der Waals surface area contributed by atoms with Gasteiger partial charge in [-0.05, 0) is 53.9 Å². The minimum absolute atomic E-state index is 0.466. The Morgan fingerprint density at radius 1 is 0.828 bits per heavy atom. The van der Waals surface area contributed by atoms with Crippen molar-refractivity contribution in [3.63, 3.8) is 0 Å². The van der Waals surface area contributed by atoms with Crippen molar-refractivity contribution in [2.75, 3.05) is 12.8 Å². The molecule has 0 aromatic rings. The van der Waals surface area contributed by atoms with E-state index >= 15 is 0 Å². The summed E-state index contributed by atoms with van der Waals surface area (Å²) in [6.07, 6.45) is 22.1. The fourth-order valence-electron chi connectivity index (χ4n) is 3.80. The molecule has 0 amide bonds. The number of rotatable bonds is 20. The molecule has 0 aromatic carbocycles. The van der Waals surface area contributed by atoms with Crippen LogP contribution in [0.3, 0.4) is 0 Å². The topological polar surface area (TPSA) is 36.3 Å². The smallest absolute Gasteiger partial charge is 0.105 e. The molecule has 1 unspecified atom stereocenters. The molecule has 0 aromatic heterocycles. The van der Waals surface area contributed by atoms with E-state index in [1.165, 1.54) is 70.6 Å². The van der Waals surface area contributed by atoms with E-state index in [9.17, 15) is 0 Å². The van der Waals surface area contributed by atoms with E-state index in [-0.39, 0.29) is 0 Å². The number of hydrogen-bond donors (Lipinski definition) is 0. The van der Waals surface area contributed by atoms with Crippen molar-refractivity contribution in [1.29, 1.82) is 5.26 Å². The first-order chi connectivity index (χ1) is 14.0. The fraction of sp³-hybridized carbons (Fsp3) is 0.880. The van der Waals surface area contributed by atoms with Crippen molar-refractivity contribution in [2.45, 2.75) is 130 Å². The quantitative estimate of drug-likeness (QED) is 0.111. The Morgan fingerprint density at radius 3 is 1.76 bits per heavy atom. The average Bonchev–Trinajstić information content (AvgIpc) is 2.68. The van der Waals surface area contributed by atoms with Crippen LogP contribution in [0.5, 0.6) is 0 Å². The van der Waals surface area contributed by atoms with Crippen molar-refractivity contribution in [2.24, 2.45) is 0 Å². The Hall–Kier alpha value is -0.420. The maximum Gasteiger partial charge on any atom is 0.105 e. The second-order valence-corrected chi connectivity index (χ2v) is 10.5. The summed E-state index contributed by atoms with van der Waals surface area (Å²) in [7, 11) is -0.643. The van der Waals surface area contributed by atoms with Gasteiger partial charge in [-0.3, -0.25) is 4.67 Å². The summed E-state index contributed by atoms with van der Waals surface area (Å²) in [6, 6.07) is 3.22. The van der Waals surface area contributed by atoms with Gasteiger partial charge in [0.25, 0.3) is 0 Å². The van der Waals surface area contributed by atoms with Gasteiger partial charge in [-0.25, -0.2) is 0 Å². The van der Waals surface area contributed by atoms with Crippen molar-refractivity contribution in [3.8, 4) is 6.07 Å². The minimum atomic E-state index is -0.643. The van der Waals surface area contributed by atoms with E-state index < -0.39 is 8.30 Å². The van der Waals surface area contributed by atoms with Gasteiger partial charge in [-0.2, -0.15) is 5.26 Å². The van der Waals surface area contributed by atoms with Crippen LogP contribution < -0.4 is 0 Å². The standard InChI is InChI=1S/C25H49N2OP/c1-6-7-8-9-10-11-12-13-14-15-16-17-18-19-22-28-29(23-20-21-26)27(24(2)3)25(4)5/h6-7,24-25H,8-20,22-23H2,1-5H3. The van der Waals surface area contributed by atoms with Gasteiger partial charge in [-0.1, -0.05) is 69.9 Å².